The van der Waals surface area contributed by atoms with Crippen LogP contribution in [-0.4, -0.2) is 37.1 Å². The monoisotopic (exact) mass is 481 g/mol. The molecule has 1 aromatic heterocycles. The lowest BCUT2D eigenvalue weighted by Gasteiger charge is -2.18. The number of benzene rings is 2. The van der Waals surface area contributed by atoms with E-state index in [2.05, 4.69) is 5.32 Å². The van der Waals surface area contributed by atoms with Gasteiger partial charge in [0, 0.05) is 42.0 Å². The molecule has 4 rings (SSSR count). The molecule has 1 unspecified atom stereocenters. The lowest BCUT2D eigenvalue weighted by molar-refractivity contribution is -0.122. The van der Waals surface area contributed by atoms with E-state index in [0.717, 1.165) is 5.56 Å². The van der Waals surface area contributed by atoms with E-state index in [9.17, 15) is 14.4 Å². The van der Waals surface area contributed by atoms with Gasteiger partial charge in [-0.1, -0.05) is 29.8 Å². The van der Waals surface area contributed by atoms with Gasteiger partial charge < -0.3 is 24.3 Å². The third kappa shape index (κ3) is 4.92. The summed E-state index contributed by atoms with van der Waals surface area (Å²) in [5.41, 5.74) is 1.68. The molecule has 34 heavy (non-hydrogen) atoms. The van der Waals surface area contributed by atoms with E-state index >= 15 is 0 Å². The van der Waals surface area contributed by atoms with Crippen molar-refractivity contribution in [1.82, 2.24) is 4.57 Å². The number of hydrogen-bond donors (Lipinski definition) is 1. The highest BCUT2D eigenvalue weighted by atomic mass is 35.5. The van der Waals surface area contributed by atoms with Crippen molar-refractivity contribution < 1.29 is 19.1 Å². The molecule has 1 fully saturated rings. The normalized spacial score (nSPS) is 15.3. The summed E-state index contributed by atoms with van der Waals surface area (Å²) in [5.74, 6) is 0.0699. The summed E-state index contributed by atoms with van der Waals surface area (Å²) in [6.07, 6.45) is 1.66. The number of hydrogen-bond acceptors (Lipinski definition) is 5. The first-order chi connectivity index (χ1) is 16.4. The van der Waals surface area contributed by atoms with Crippen LogP contribution in [0.2, 0.25) is 5.02 Å². The van der Waals surface area contributed by atoms with E-state index in [-0.39, 0.29) is 36.9 Å². The lowest BCUT2D eigenvalue weighted by atomic mass is 10.1. The smallest absolute Gasteiger partial charge is 0.250 e. The largest absolute Gasteiger partial charge is 0.493 e. The number of rotatable bonds is 7. The van der Waals surface area contributed by atoms with Crippen LogP contribution in [0.4, 0.5) is 11.4 Å². The minimum absolute atomic E-state index is 0.0828. The Balaban J connectivity index is 1.47. The zero-order valence-corrected chi connectivity index (χ0v) is 19.5. The maximum Gasteiger partial charge on any atom is 0.250 e. The van der Waals surface area contributed by atoms with E-state index in [1.54, 1.807) is 41.4 Å². The van der Waals surface area contributed by atoms with E-state index in [0.29, 0.717) is 27.9 Å². The second-order valence-electron chi connectivity index (χ2n) is 7.91. The Morgan fingerprint density at radius 1 is 1.06 bits per heavy atom. The van der Waals surface area contributed by atoms with Crippen molar-refractivity contribution in [3.05, 3.63) is 81.7 Å². The van der Waals surface area contributed by atoms with Gasteiger partial charge in [-0.25, -0.2) is 0 Å². The highest BCUT2D eigenvalue weighted by Crippen LogP contribution is 2.34. The topological polar surface area (TPSA) is 89.9 Å². The fourth-order valence-corrected chi connectivity index (χ4v) is 4.10. The number of amides is 2. The molecule has 0 bridgehead atoms. The van der Waals surface area contributed by atoms with E-state index < -0.39 is 5.92 Å². The number of pyridine rings is 1. The van der Waals surface area contributed by atoms with Crippen LogP contribution in [0.15, 0.2) is 65.6 Å². The predicted molar refractivity (Wildman–Crippen MR) is 130 cm³/mol. The highest BCUT2D eigenvalue weighted by molar-refractivity contribution is 6.31. The number of methoxy groups -OCH3 is 2. The molecule has 9 heteroatoms. The summed E-state index contributed by atoms with van der Waals surface area (Å²) in [7, 11) is 3.06. The minimum atomic E-state index is -0.537. The number of halogens is 1. The zero-order valence-electron chi connectivity index (χ0n) is 18.8. The number of anilines is 2. The summed E-state index contributed by atoms with van der Waals surface area (Å²) in [4.78, 5) is 39.4. The zero-order chi connectivity index (χ0) is 24.2. The maximum absolute atomic E-state index is 12.9. The lowest BCUT2D eigenvalue weighted by Crippen LogP contribution is -2.28. The number of nitrogens with zero attached hydrogens (tertiary/aromatic N) is 2. The van der Waals surface area contributed by atoms with Gasteiger partial charge in [-0.15, -0.1) is 0 Å². The fraction of sp³-hybridized carbons (Fsp3) is 0.240. The quantitative estimate of drug-likeness (QED) is 0.557. The molecule has 1 atom stereocenters. The molecule has 0 radical (unpaired) electrons. The van der Waals surface area contributed by atoms with Crippen molar-refractivity contribution in [3.63, 3.8) is 0 Å². The average molecular weight is 482 g/mol. The predicted octanol–water partition coefficient (Wildman–Crippen LogP) is 3.56. The Hall–Kier alpha value is -3.78. The van der Waals surface area contributed by atoms with Crippen LogP contribution in [0, 0.1) is 5.92 Å². The second kappa shape index (κ2) is 10.0. The molecule has 2 amide bonds. The van der Waals surface area contributed by atoms with Gasteiger partial charge in [0.05, 0.1) is 32.4 Å². The second-order valence-corrected chi connectivity index (χ2v) is 8.32. The SMILES string of the molecule is COc1ccc(N2CC(C(=O)Nc3ccc(=O)n(Cc4ccccc4Cl)c3)CC2=O)cc1OC. The van der Waals surface area contributed by atoms with Crippen LogP contribution in [0.1, 0.15) is 12.0 Å². The number of carbonyl (C=O) groups is 2. The fourth-order valence-electron chi connectivity index (χ4n) is 3.91. The molecule has 1 aliphatic heterocycles. The summed E-state index contributed by atoms with van der Waals surface area (Å²) < 4.78 is 12.0. The number of ether oxygens (including phenoxy) is 2. The highest BCUT2D eigenvalue weighted by Gasteiger charge is 2.35. The van der Waals surface area contributed by atoms with Crippen LogP contribution in [0.5, 0.6) is 11.5 Å². The molecule has 1 N–H and O–H groups in total. The standard InChI is InChI=1S/C25H24ClN3O5/c1-33-21-9-8-19(12-22(21)34-2)29-14-17(11-24(29)31)25(32)27-18-7-10-23(30)28(15-18)13-16-5-3-4-6-20(16)26/h3-10,12,15,17H,11,13-14H2,1-2H3,(H,27,32). The number of carbonyl (C=O) groups excluding carboxylic acids is 2. The Morgan fingerprint density at radius 3 is 2.56 bits per heavy atom. The Kier molecular flexibility index (Phi) is 6.88. The van der Waals surface area contributed by atoms with Crippen molar-refractivity contribution in [2.45, 2.75) is 13.0 Å². The van der Waals surface area contributed by atoms with E-state index in [4.69, 9.17) is 21.1 Å². The Bertz CT molecular complexity index is 1290. The third-order valence-corrected chi connectivity index (χ3v) is 6.09. The van der Waals surface area contributed by atoms with Crippen LogP contribution in [0.3, 0.4) is 0 Å². The maximum atomic E-state index is 12.9. The van der Waals surface area contributed by atoms with Crippen molar-refractivity contribution in [2.75, 3.05) is 31.0 Å². The molecular weight excluding hydrogens is 458 g/mol. The van der Waals surface area contributed by atoms with Crippen molar-refractivity contribution in [1.29, 1.82) is 0 Å². The first-order valence-corrected chi connectivity index (χ1v) is 11.0. The van der Waals surface area contributed by atoms with Crippen LogP contribution in [0.25, 0.3) is 0 Å². The van der Waals surface area contributed by atoms with Gasteiger partial charge in [-0.05, 0) is 29.8 Å². The molecule has 3 aromatic rings. The van der Waals surface area contributed by atoms with Crippen LogP contribution >= 0.6 is 11.6 Å². The average Bonchev–Trinajstić information content (AvgIpc) is 3.23. The molecule has 0 saturated carbocycles. The summed E-state index contributed by atoms with van der Waals surface area (Å²) in [5, 5.41) is 3.39. The first-order valence-electron chi connectivity index (χ1n) is 10.7. The molecule has 2 heterocycles. The van der Waals surface area contributed by atoms with Gasteiger partial charge in [0.25, 0.3) is 5.56 Å². The van der Waals surface area contributed by atoms with Gasteiger partial charge in [0.2, 0.25) is 11.8 Å². The summed E-state index contributed by atoms with van der Waals surface area (Å²) in [6.45, 7) is 0.511. The van der Waals surface area contributed by atoms with Crippen molar-refractivity contribution >= 4 is 34.8 Å². The molecule has 0 aliphatic carbocycles. The van der Waals surface area contributed by atoms with Gasteiger partial charge in [0.1, 0.15) is 0 Å². The Labute approximate surface area is 201 Å². The van der Waals surface area contributed by atoms with Crippen molar-refractivity contribution in [3.8, 4) is 11.5 Å². The molecule has 0 spiro atoms. The summed E-state index contributed by atoms with van der Waals surface area (Å²) in [6, 6.07) is 15.4. The molecule has 8 nitrogen and oxygen atoms in total. The van der Waals surface area contributed by atoms with Gasteiger partial charge >= 0.3 is 0 Å². The van der Waals surface area contributed by atoms with Crippen LogP contribution in [-0.2, 0) is 16.1 Å². The third-order valence-electron chi connectivity index (χ3n) is 5.72. The number of aromatic nitrogens is 1. The number of nitrogens with one attached hydrogen (secondary N) is 1. The van der Waals surface area contributed by atoms with E-state index in [1.165, 1.54) is 24.9 Å². The molecule has 1 aliphatic rings. The van der Waals surface area contributed by atoms with Gasteiger partial charge in [-0.3, -0.25) is 14.4 Å². The Morgan fingerprint density at radius 2 is 1.82 bits per heavy atom. The van der Waals surface area contributed by atoms with Gasteiger partial charge in [-0.2, -0.15) is 0 Å². The molecule has 176 valence electrons. The summed E-state index contributed by atoms with van der Waals surface area (Å²) >= 11 is 6.21. The van der Waals surface area contributed by atoms with Crippen molar-refractivity contribution in [2.24, 2.45) is 5.92 Å². The van der Waals surface area contributed by atoms with Gasteiger partial charge in [0.15, 0.2) is 11.5 Å². The van der Waals surface area contributed by atoms with Crippen LogP contribution < -0.4 is 25.2 Å². The first kappa shape index (κ1) is 23.4. The van der Waals surface area contributed by atoms with E-state index in [1.807, 2.05) is 18.2 Å². The molecular formula is C25H24ClN3O5. The molecule has 1 saturated heterocycles. The molecule has 2 aromatic carbocycles. The minimum Gasteiger partial charge on any atom is -0.493 e.